The summed E-state index contributed by atoms with van der Waals surface area (Å²) in [7, 11) is 0. The molecule has 0 saturated carbocycles. The molecular weight excluding hydrogens is 248 g/mol. The van der Waals surface area contributed by atoms with E-state index in [4.69, 9.17) is 5.11 Å². The number of hydrogen-bond donors (Lipinski definition) is 3. The van der Waals surface area contributed by atoms with Crippen LogP contribution in [0.25, 0.3) is 0 Å². The van der Waals surface area contributed by atoms with Crippen molar-refractivity contribution < 1.29 is 19.5 Å². The first-order chi connectivity index (χ1) is 8.66. The van der Waals surface area contributed by atoms with Crippen LogP contribution >= 0.6 is 0 Å². The van der Waals surface area contributed by atoms with Gasteiger partial charge < -0.3 is 10.4 Å². The summed E-state index contributed by atoms with van der Waals surface area (Å²) in [5.41, 5.74) is -0.674. The summed E-state index contributed by atoms with van der Waals surface area (Å²) in [4.78, 5) is 33.6. The molecule has 1 atom stereocenters. The second-order valence-corrected chi connectivity index (χ2v) is 5.68. The summed E-state index contributed by atoms with van der Waals surface area (Å²) in [5, 5.41) is 13.5. The number of hydrogen-bond acceptors (Lipinski definition) is 3. The highest BCUT2D eigenvalue weighted by Gasteiger charge is 2.25. The summed E-state index contributed by atoms with van der Waals surface area (Å²) < 4.78 is 0. The van der Waals surface area contributed by atoms with Crippen molar-refractivity contribution in [2.75, 3.05) is 6.54 Å². The zero-order valence-electron chi connectivity index (χ0n) is 12.1. The van der Waals surface area contributed by atoms with Gasteiger partial charge in [0.2, 0.25) is 5.91 Å². The van der Waals surface area contributed by atoms with Gasteiger partial charge in [-0.25, -0.2) is 4.79 Å². The molecule has 0 heterocycles. The molecule has 0 aliphatic carbocycles. The smallest absolute Gasteiger partial charge is 0.321 e. The number of amides is 3. The van der Waals surface area contributed by atoms with Gasteiger partial charge in [0.15, 0.2) is 0 Å². The van der Waals surface area contributed by atoms with E-state index in [0.29, 0.717) is 12.5 Å². The molecule has 3 amide bonds. The molecule has 0 aromatic heterocycles. The van der Waals surface area contributed by atoms with Crippen LogP contribution in [0.5, 0.6) is 0 Å². The van der Waals surface area contributed by atoms with Crippen molar-refractivity contribution >= 4 is 17.9 Å². The number of urea groups is 1. The first-order valence-corrected chi connectivity index (χ1v) is 6.45. The summed E-state index contributed by atoms with van der Waals surface area (Å²) >= 11 is 0. The van der Waals surface area contributed by atoms with Crippen molar-refractivity contribution in [3.63, 3.8) is 0 Å². The van der Waals surface area contributed by atoms with E-state index in [0.717, 1.165) is 6.42 Å². The number of aliphatic carboxylic acids is 1. The number of rotatable bonds is 7. The molecule has 0 spiro atoms. The SMILES string of the molecule is CCC(C)CNC(=O)NC(=O)CC(C)(C)CC(=O)O. The van der Waals surface area contributed by atoms with Crippen molar-refractivity contribution in [1.82, 2.24) is 10.6 Å². The molecule has 0 radical (unpaired) electrons. The van der Waals surface area contributed by atoms with Gasteiger partial charge in [0.1, 0.15) is 0 Å². The Labute approximate surface area is 113 Å². The zero-order valence-corrected chi connectivity index (χ0v) is 12.1. The fourth-order valence-corrected chi connectivity index (χ4v) is 1.53. The monoisotopic (exact) mass is 272 g/mol. The summed E-state index contributed by atoms with van der Waals surface area (Å²) in [5.74, 6) is -1.07. The fraction of sp³-hybridized carbons (Fsp3) is 0.769. The predicted octanol–water partition coefficient (Wildman–Crippen LogP) is 1.75. The van der Waals surface area contributed by atoms with Gasteiger partial charge in [-0.3, -0.25) is 14.9 Å². The van der Waals surface area contributed by atoms with E-state index in [9.17, 15) is 14.4 Å². The summed E-state index contributed by atoms with van der Waals surface area (Å²) in [6.45, 7) is 7.88. The van der Waals surface area contributed by atoms with E-state index < -0.39 is 23.3 Å². The van der Waals surface area contributed by atoms with Gasteiger partial charge in [0, 0.05) is 13.0 Å². The lowest BCUT2D eigenvalue weighted by molar-refractivity contribution is -0.139. The second kappa shape index (κ2) is 7.76. The van der Waals surface area contributed by atoms with Crippen molar-refractivity contribution in [2.45, 2.75) is 47.0 Å². The first kappa shape index (κ1) is 17.4. The van der Waals surface area contributed by atoms with Crippen molar-refractivity contribution in [3.8, 4) is 0 Å². The maximum absolute atomic E-state index is 11.6. The number of carboxylic acid groups (broad SMARTS) is 1. The highest BCUT2D eigenvalue weighted by Crippen LogP contribution is 2.24. The van der Waals surface area contributed by atoms with Crippen LogP contribution in [0.4, 0.5) is 4.79 Å². The maximum Gasteiger partial charge on any atom is 0.321 e. The van der Waals surface area contributed by atoms with E-state index in [1.165, 1.54) is 0 Å². The van der Waals surface area contributed by atoms with Gasteiger partial charge >= 0.3 is 12.0 Å². The van der Waals surface area contributed by atoms with Gasteiger partial charge in [-0.15, -0.1) is 0 Å². The largest absolute Gasteiger partial charge is 0.481 e. The molecular formula is C13H24N2O4. The van der Waals surface area contributed by atoms with E-state index >= 15 is 0 Å². The number of carbonyl (C=O) groups excluding carboxylic acids is 2. The third-order valence-corrected chi connectivity index (χ3v) is 2.83. The van der Waals surface area contributed by atoms with Crippen LogP contribution in [0.3, 0.4) is 0 Å². The van der Waals surface area contributed by atoms with Crippen LogP contribution in [0, 0.1) is 11.3 Å². The lowest BCUT2D eigenvalue weighted by Gasteiger charge is -2.21. The molecule has 0 rings (SSSR count). The van der Waals surface area contributed by atoms with E-state index in [1.54, 1.807) is 13.8 Å². The maximum atomic E-state index is 11.6. The molecule has 0 bridgehead atoms. The van der Waals surface area contributed by atoms with Crippen LogP contribution in [-0.2, 0) is 9.59 Å². The van der Waals surface area contributed by atoms with E-state index in [1.807, 2.05) is 13.8 Å². The molecule has 0 aromatic carbocycles. The topological polar surface area (TPSA) is 95.5 Å². The third-order valence-electron chi connectivity index (χ3n) is 2.83. The lowest BCUT2D eigenvalue weighted by Crippen LogP contribution is -2.42. The average Bonchev–Trinajstić information content (AvgIpc) is 2.22. The molecule has 0 aliphatic heterocycles. The van der Waals surface area contributed by atoms with E-state index in [2.05, 4.69) is 10.6 Å². The quantitative estimate of drug-likeness (QED) is 0.658. The Hall–Kier alpha value is -1.59. The van der Waals surface area contributed by atoms with Crippen LogP contribution < -0.4 is 10.6 Å². The standard InChI is InChI=1S/C13H24N2O4/c1-5-9(2)8-14-12(19)15-10(16)6-13(3,4)7-11(17)18/h9H,5-8H2,1-4H3,(H,17,18)(H2,14,15,16,19). The van der Waals surface area contributed by atoms with Crippen molar-refractivity contribution in [1.29, 1.82) is 0 Å². The zero-order chi connectivity index (χ0) is 15.1. The Bertz CT molecular complexity index is 340. The molecule has 0 aromatic rings. The van der Waals surface area contributed by atoms with Crippen LogP contribution in [-0.4, -0.2) is 29.6 Å². The van der Waals surface area contributed by atoms with E-state index in [-0.39, 0.29) is 12.8 Å². The highest BCUT2D eigenvalue weighted by atomic mass is 16.4. The number of carbonyl (C=O) groups is 3. The van der Waals surface area contributed by atoms with Crippen molar-refractivity contribution in [2.24, 2.45) is 11.3 Å². The molecule has 6 heteroatoms. The average molecular weight is 272 g/mol. The molecule has 1 unspecified atom stereocenters. The first-order valence-electron chi connectivity index (χ1n) is 6.45. The van der Waals surface area contributed by atoms with Gasteiger partial charge in [-0.2, -0.15) is 0 Å². The minimum Gasteiger partial charge on any atom is -0.481 e. The molecule has 0 saturated heterocycles. The van der Waals surface area contributed by atoms with Gasteiger partial charge in [-0.05, 0) is 11.3 Å². The molecule has 0 fully saturated rings. The molecule has 0 aliphatic rings. The Morgan fingerprint density at radius 2 is 1.79 bits per heavy atom. The predicted molar refractivity (Wildman–Crippen MR) is 71.6 cm³/mol. The Kier molecular flexibility index (Phi) is 7.11. The minimum atomic E-state index is -0.959. The summed E-state index contributed by atoms with van der Waals surface area (Å²) in [6, 6.07) is -0.531. The Morgan fingerprint density at radius 1 is 1.21 bits per heavy atom. The lowest BCUT2D eigenvalue weighted by atomic mass is 9.85. The second-order valence-electron chi connectivity index (χ2n) is 5.68. The molecule has 110 valence electrons. The molecule has 19 heavy (non-hydrogen) atoms. The van der Waals surface area contributed by atoms with Gasteiger partial charge in [0.05, 0.1) is 6.42 Å². The number of nitrogens with one attached hydrogen (secondary N) is 2. The van der Waals surface area contributed by atoms with Crippen LogP contribution in [0.1, 0.15) is 47.0 Å². The third kappa shape index (κ3) is 9.04. The molecule has 3 N–H and O–H groups in total. The molecule has 6 nitrogen and oxygen atoms in total. The fourth-order valence-electron chi connectivity index (χ4n) is 1.53. The minimum absolute atomic E-state index is 0.00392. The van der Waals surface area contributed by atoms with Crippen molar-refractivity contribution in [3.05, 3.63) is 0 Å². The summed E-state index contributed by atoms with van der Waals surface area (Å²) in [6.07, 6.45) is 0.824. The highest BCUT2D eigenvalue weighted by molar-refractivity contribution is 5.94. The number of imide groups is 1. The van der Waals surface area contributed by atoms with Gasteiger partial charge in [0.25, 0.3) is 0 Å². The number of carboxylic acids is 1. The van der Waals surface area contributed by atoms with Crippen LogP contribution in [0.15, 0.2) is 0 Å². The van der Waals surface area contributed by atoms with Crippen LogP contribution in [0.2, 0.25) is 0 Å². The Morgan fingerprint density at radius 3 is 2.26 bits per heavy atom. The van der Waals surface area contributed by atoms with Gasteiger partial charge in [-0.1, -0.05) is 34.1 Å². The normalized spacial score (nSPS) is 12.6. The Balaban J connectivity index is 4.10.